The molecule has 1 unspecified atom stereocenters. The van der Waals surface area contributed by atoms with E-state index in [1.165, 1.54) is 41.2 Å². The van der Waals surface area contributed by atoms with E-state index in [1.54, 1.807) is 6.08 Å². The fraction of sp³-hybridized carbons (Fsp3) is 0.300. The van der Waals surface area contributed by atoms with Crippen molar-refractivity contribution in [3.63, 3.8) is 0 Å². The van der Waals surface area contributed by atoms with E-state index in [4.69, 9.17) is 4.74 Å². The van der Waals surface area contributed by atoms with Gasteiger partial charge in [0.1, 0.15) is 5.00 Å². The van der Waals surface area contributed by atoms with E-state index < -0.39 is 5.97 Å². The first-order chi connectivity index (χ1) is 18.5. The number of thiophene rings is 1. The number of fused-ring (bicyclic) bond motifs is 1. The molecule has 1 atom stereocenters. The van der Waals surface area contributed by atoms with Gasteiger partial charge in [-0.15, -0.1) is 23.1 Å². The maximum atomic E-state index is 13.3. The number of benzene rings is 2. The summed E-state index contributed by atoms with van der Waals surface area (Å²) in [6.07, 6.45) is 8.87. The Bertz CT molecular complexity index is 1320. The first-order valence-electron chi connectivity index (χ1n) is 12.8. The Morgan fingerprint density at radius 1 is 1.03 bits per heavy atom. The average molecular weight is 549 g/mol. The van der Waals surface area contributed by atoms with Crippen LogP contribution >= 0.6 is 23.1 Å². The van der Waals surface area contributed by atoms with Crippen molar-refractivity contribution in [2.75, 3.05) is 17.7 Å². The smallest absolute Gasteiger partial charge is 0.341 e. The van der Waals surface area contributed by atoms with Crippen molar-refractivity contribution < 1.29 is 19.1 Å². The van der Waals surface area contributed by atoms with Gasteiger partial charge in [-0.2, -0.15) is 0 Å². The van der Waals surface area contributed by atoms with Crippen molar-refractivity contribution in [2.45, 2.75) is 55.6 Å². The lowest BCUT2D eigenvalue weighted by Crippen LogP contribution is -2.25. The molecule has 1 heterocycles. The minimum Gasteiger partial charge on any atom is -0.465 e. The van der Waals surface area contributed by atoms with Crippen LogP contribution in [0.25, 0.3) is 6.08 Å². The molecule has 1 aliphatic carbocycles. The highest BCUT2D eigenvalue weighted by Crippen LogP contribution is 2.38. The summed E-state index contributed by atoms with van der Waals surface area (Å²) in [6.45, 7) is 1.96. The minimum absolute atomic E-state index is 0.153. The van der Waals surface area contributed by atoms with Crippen molar-refractivity contribution in [3.05, 3.63) is 82.2 Å². The zero-order chi connectivity index (χ0) is 26.9. The van der Waals surface area contributed by atoms with Gasteiger partial charge in [0.15, 0.2) is 0 Å². The van der Waals surface area contributed by atoms with E-state index in [0.29, 0.717) is 22.7 Å². The largest absolute Gasteiger partial charge is 0.465 e. The molecule has 1 aliphatic rings. The van der Waals surface area contributed by atoms with E-state index >= 15 is 0 Å². The first-order valence-corrected chi connectivity index (χ1v) is 14.5. The Morgan fingerprint density at radius 3 is 2.58 bits per heavy atom. The third-order valence-electron chi connectivity index (χ3n) is 6.32. The summed E-state index contributed by atoms with van der Waals surface area (Å²) in [5, 5.41) is 6.13. The number of rotatable bonds is 9. The number of amides is 2. The normalized spacial score (nSPS) is 13.8. The first kappa shape index (κ1) is 27.7. The van der Waals surface area contributed by atoms with Crippen LogP contribution < -0.4 is 10.6 Å². The van der Waals surface area contributed by atoms with Crippen LogP contribution in [0, 0.1) is 0 Å². The molecule has 2 N–H and O–H groups in total. The molecular weight excluding hydrogens is 516 g/mol. The molecule has 0 fully saturated rings. The van der Waals surface area contributed by atoms with Gasteiger partial charge >= 0.3 is 5.97 Å². The predicted molar refractivity (Wildman–Crippen MR) is 156 cm³/mol. The Balaban J connectivity index is 1.43. The summed E-state index contributed by atoms with van der Waals surface area (Å²) in [6, 6.07) is 17.1. The van der Waals surface area contributed by atoms with Gasteiger partial charge in [-0.05, 0) is 67.5 Å². The summed E-state index contributed by atoms with van der Waals surface area (Å²) in [7, 11) is 1.38. The number of ether oxygens (including phenoxy) is 1. The van der Waals surface area contributed by atoms with Crippen LogP contribution in [-0.2, 0) is 27.2 Å². The Kier molecular flexibility index (Phi) is 9.79. The van der Waals surface area contributed by atoms with Crippen LogP contribution in [0.1, 0.15) is 59.0 Å². The number of carbonyl (C=O) groups excluding carboxylic acids is 3. The molecule has 0 radical (unpaired) electrons. The molecule has 4 rings (SSSR count). The van der Waals surface area contributed by atoms with Gasteiger partial charge in [-0.1, -0.05) is 49.7 Å². The molecule has 8 heteroatoms. The van der Waals surface area contributed by atoms with Crippen LogP contribution in [-0.4, -0.2) is 30.1 Å². The molecule has 2 aromatic carbocycles. The van der Waals surface area contributed by atoms with Crippen molar-refractivity contribution in [2.24, 2.45) is 0 Å². The Labute approximate surface area is 231 Å². The number of aryl methyl sites for hydroxylation is 1. The van der Waals surface area contributed by atoms with Crippen molar-refractivity contribution in [3.8, 4) is 0 Å². The Hall–Kier alpha value is -3.36. The van der Waals surface area contributed by atoms with E-state index in [2.05, 4.69) is 10.6 Å². The molecule has 0 saturated heterocycles. The zero-order valence-electron chi connectivity index (χ0n) is 21.6. The number of hydrogen-bond acceptors (Lipinski definition) is 6. The lowest BCUT2D eigenvalue weighted by atomic mass is 10.1. The molecule has 198 valence electrons. The van der Waals surface area contributed by atoms with E-state index in [-0.39, 0.29) is 17.1 Å². The topological polar surface area (TPSA) is 84.5 Å². The molecule has 38 heavy (non-hydrogen) atoms. The van der Waals surface area contributed by atoms with Crippen molar-refractivity contribution in [1.82, 2.24) is 0 Å². The number of anilines is 2. The molecule has 0 spiro atoms. The van der Waals surface area contributed by atoms with Crippen molar-refractivity contribution in [1.29, 1.82) is 0 Å². The van der Waals surface area contributed by atoms with Gasteiger partial charge in [-0.25, -0.2) is 4.79 Å². The van der Waals surface area contributed by atoms with Crippen LogP contribution in [0.4, 0.5) is 10.7 Å². The molecule has 0 saturated carbocycles. The lowest BCUT2D eigenvalue weighted by molar-refractivity contribution is -0.115. The number of carbonyl (C=O) groups is 3. The fourth-order valence-electron chi connectivity index (χ4n) is 4.39. The monoisotopic (exact) mass is 548 g/mol. The Morgan fingerprint density at radius 2 is 1.82 bits per heavy atom. The van der Waals surface area contributed by atoms with Gasteiger partial charge < -0.3 is 15.4 Å². The second-order valence-corrected chi connectivity index (χ2v) is 11.4. The lowest BCUT2D eigenvalue weighted by Gasteiger charge is -2.15. The summed E-state index contributed by atoms with van der Waals surface area (Å²) in [5.41, 5.74) is 3.14. The standard InChI is InChI=1S/C30H32N2O4S2/c1-3-24(28(34)32-29-27(30(35)36-2)23-15-8-5-9-16-25(23)38-29)37-22-14-10-13-21(19-22)31-26(33)18-17-20-11-6-4-7-12-20/h4,6-7,10-14,17-19,24H,3,5,8-9,15-16H2,1-2H3,(H,31,33)(H,32,34)/b18-17+. The second kappa shape index (κ2) is 13.4. The third kappa shape index (κ3) is 7.14. The van der Waals surface area contributed by atoms with Crippen LogP contribution in [0.5, 0.6) is 0 Å². The third-order valence-corrected chi connectivity index (χ3v) is 8.88. The maximum Gasteiger partial charge on any atom is 0.341 e. The summed E-state index contributed by atoms with van der Waals surface area (Å²) in [4.78, 5) is 40.4. The highest BCUT2D eigenvalue weighted by molar-refractivity contribution is 8.00. The summed E-state index contributed by atoms with van der Waals surface area (Å²) in [5.74, 6) is -0.780. The molecule has 6 nitrogen and oxygen atoms in total. The maximum absolute atomic E-state index is 13.3. The molecular formula is C30H32N2O4S2. The van der Waals surface area contributed by atoms with Gasteiger partial charge in [0.2, 0.25) is 11.8 Å². The van der Waals surface area contributed by atoms with Gasteiger partial charge in [0.25, 0.3) is 0 Å². The molecule has 0 bridgehead atoms. The van der Waals surface area contributed by atoms with Gasteiger partial charge in [0, 0.05) is 21.5 Å². The number of nitrogens with one attached hydrogen (secondary N) is 2. The van der Waals surface area contributed by atoms with Crippen LogP contribution in [0.15, 0.2) is 65.6 Å². The highest BCUT2D eigenvalue weighted by Gasteiger charge is 2.28. The quantitative estimate of drug-likeness (QED) is 0.131. The summed E-state index contributed by atoms with van der Waals surface area (Å²) >= 11 is 2.93. The molecule has 1 aromatic heterocycles. The van der Waals surface area contributed by atoms with E-state index in [0.717, 1.165) is 48.1 Å². The van der Waals surface area contributed by atoms with Crippen LogP contribution in [0.2, 0.25) is 0 Å². The number of methoxy groups -OCH3 is 1. The number of thioether (sulfide) groups is 1. The minimum atomic E-state index is -0.398. The number of hydrogen-bond donors (Lipinski definition) is 2. The summed E-state index contributed by atoms with van der Waals surface area (Å²) < 4.78 is 5.07. The van der Waals surface area contributed by atoms with Gasteiger partial charge in [-0.3, -0.25) is 9.59 Å². The molecule has 2 amide bonds. The van der Waals surface area contributed by atoms with E-state index in [9.17, 15) is 14.4 Å². The molecule has 0 aliphatic heterocycles. The SMILES string of the molecule is CCC(Sc1cccc(NC(=O)/C=C/c2ccccc2)c1)C(=O)Nc1sc2c(c1C(=O)OC)CCCCC2. The van der Waals surface area contributed by atoms with Crippen LogP contribution in [0.3, 0.4) is 0 Å². The van der Waals surface area contributed by atoms with Gasteiger partial charge in [0.05, 0.1) is 17.9 Å². The zero-order valence-corrected chi connectivity index (χ0v) is 23.3. The average Bonchev–Trinajstić information content (AvgIpc) is 3.10. The second-order valence-electron chi connectivity index (χ2n) is 9.03. The number of esters is 1. The fourth-order valence-corrected chi connectivity index (χ4v) is 6.69. The van der Waals surface area contributed by atoms with E-state index in [1.807, 2.05) is 61.5 Å². The molecule has 3 aromatic rings. The predicted octanol–water partition coefficient (Wildman–Crippen LogP) is 6.96. The highest BCUT2D eigenvalue weighted by atomic mass is 32.2. The van der Waals surface area contributed by atoms with Crippen molar-refractivity contribution >= 4 is 57.6 Å².